The van der Waals surface area contributed by atoms with Crippen molar-refractivity contribution in [1.29, 1.82) is 0 Å². The smallest absolute Gasteiger partial charge is 0.124 e. The van der Waals surface area contributed by atoms with E-state index >= 15 is 0 Å². The van der Waals surface area contributed by atoms with Crippen LogP contribution in [-0.2, 0) is 10.1 Å². The summed E-state index contributed by atoms with van der Waals surface area (Å²) in [5, 5.41) is 4.28. The molecular formula is C25H23O3PS. The molecule has 4 aromatic carbocycles. The van der Waals surface area contributed by atoms with Crippen molar-refractivity contribution in [2.24, 2.45) is 0 Å². The van der Waals surface area contributed by atoms with Gasteiger partial charge >= 0.3 is 0 Å². The van der Waals surface area contributed by atoms with Crippen LogP contribution in [0.1, 0.15) is 0 Å². The SMILES string of the molecule is C[P+](c1ccccc1)(c1ccccc1)c1ccccc1.O=S(=O)([O-])c1ccccc1. The van der Waals surface area contributed by atoms with Crippen molar-refractivity contribution in [3.63, 3.8) is 0 Å². The van der Waals surface area contributed by atoms with Gasteiger partial charge in [-0.3, -0.25) is 0 Å². The average molecular weight is 434 g/mol. The van der Waals surface area contributed by atoms with Crippen LogP contribution in [0, 0.1) is 0 Å². The second kappa shape index (κ2) is 9.82. The summed E-state index contributed by atoms with van der Waals surface area (Å²) >= 11 is 0. The first-order valence-corrected chi connectivity index (χ1v) is 13.1. The lowest BCUT2D eigenvalue weighted by molar-refractivity contribution is 0.463. The van der Waals surface area contributed by atoms with Crippen molar-refractivity contribution in [2.75, 3.05) is 6.66 Å². The van der Waals surface area contributed by atoms with Crippen LogP contribution in [0.15, 0.2) is 126 Å². The lowest BCUT2D eigenvalue weighted by atomic mass is 10.4. The van der Waals surface area contributed by atoms with Crippen molar-refractivity contribution < 1.29 is 13.0 Å². The summed E-state index contributed by atoms with van der Waals surface area (Å²) in [5.41, 5.74) is 0. The van der Waals surface area contributed by atoms with Gasteiger partial charge < -0.3 is 4.55 Å². The van der Waals surface area contributed by atoms with Gasteiger partial charge in [0.05, 0.1) is 11.6 Å². The van der Waals surface area contributed by atoms with Crippen molar-refractivity contribution in [2.45, 2.75) is 4.90 Å². The van der Waals surface area contributed by atoms with Crippen LogP contribution in [0.4, 0.5) is 0 Å². The topological polar surface area (TPSA) is 57.2 Å². The van der Waals surface area contributed by atoms with Gasteiger partial charge in [0.2, 0.25) is 0 Å². The first-order valence-electron chi connectivity index (χ1n) is 9.46. The number of rotatable bonds is 4. The first-order chi connectivity index (χ1) is 14.4. The van der Waals surface area contributed by atoms with E-state index in [1.807, 2.05) is 0 Å². The van der Waals surface area contributed by atoms with Gasteiger partial charge in [0.1, 0.15) is 33.3 Å². The zero-order valence-corrected chi connectivity index (χ0v) is 18.3. The maximum Gasteiger partial charge on any atom is 0.124 e. The minimum absolute atomic E-state index is 0.185. The molecule has 0 unspecified atom stereocenters. The summed E-state index contributed by atoms with van der Waals surface area (Å²) in [6.07, 6.45) is 0. The molecule has 0 saturated heterocycles. The molecule has 0 N–H and O–H groups in total. The Morgan fingerprint density at radius 3 is 1.03 bits per heavy atom. The van der Waals surface area contributed by atoms with Gasteiger partial charge in [0.15, 0.2) is 0 Å². The highest BCUT2D eigenvalue weighted by molar-refractivity contribution is 7.95. The van der Waals surface area contributed by atoms with Crippen LogP contribution in [0.2, 0.25) is 0 Å². The van der Waals surface area contributed by atoms with E-state index < -0.39 is 17.4 Å². The maximum atomic E-state index is 10.3. The molecule has 0 radical (unpaired) electrons. The molecule has 0 spiro atoms. The van der Waals surface area contributed by atoms with Gasteiger partial charge in [-0.25, -0.2) is 8.42 Å². The Labute approximate surface area is 179 Å². The van der Waals surface area contributed by atoms with Gasteiger partial charge in [-0.2, -0.15) is 0 Å². The standard InChI is InChI=1S/C19H18P.C6H6O3S/c1-20(17-11-5-2-6-12-17,18-13-7-3-8-14-18)19-15-9-4-10-16-19;7-10(8,9)6-4-2-1-3-5-6/h2-16H,1H3;1-5H,(H,7,8,9)/q+1;/p-1. The van der Waals surface area contributed by atoms with E-state index in [1.165, 1.54) is 40.2 Å². The molecule has 4 aromatic rings. The molecule has 4 rings (SSSR count). The molecule has 0 amide bonds. The van der Waals surface area contributed by atoms with E-state index in [-0.39, 0.29) is 4.90 Å². The molecule has 0 bridgehead atoms. The predicted octanol–water partition coefficient (Wildman–Crippen LogP) is 4.20. The number of benzene rings is 4. The van der Waals surface area contributed by atoms with E-state index in [0.717, 1.165) is 0 Å². The molecule has 0 aliphatic rings. The highest BCUT2D eigenvalue weighted by Gasteiger charge is 2.39. The molecule has 0 atom stereocenters. The predicted molar refractivity (Wildman–Crippen MR) is 125 cm³/mol. The van der Waals surface area contributed by atoms with Crippen LogP contribution in [0.5, 0.6) is 0 Å². The summed E-state index contributed by atoms with van der Waals surface area (Å²) in [6, 6.07) is 39.8. The molecule has 30 heavy (non-hydrogen) atoms. The van der Waals surface area contributed by atoms with Gasteiger partial charge in [-0.15, -0.1) is 0 Å². The summed E-state index contributed by atoms with van der Waals surface area (Å²) < 4.78 is 30.8. The highest BCUT2D eigenvalue weighted by atomic mass is 32.2. The summed E-state index contributed by atoms with van der Waals surface area (Å²) in [7, 11) is -5.78. The average Bonchev–Trinajstić information content (AvgIpc) is 2.81. The van der Waals surface area contributed by atoms with Gasteiger partial charge in [-0.1, -0.05) is 72.8 Å². The summed E-state index contributed by atoms with van der Waals surface area (Å²) in [4.78, 5) is -0.185. The normalized spacial score (nSPS) is 11.3. The van der Waals surface area contributed by atoms with E-state index in [0.29, 0.717) is 0 Å². The fourth-order valence-electron chi connectivity index (χ4n) is 3.21. The lowest BCUT2D eigenvalue weighted by Gasteiger charge is -2.22. The zero-order chi connectivity index (χ0) is 21.5. The molecule has 0 aromatic heterocycles. The van der Waals surface area contributed by atoms with Crippen molar-refractivity contribution >= 4 is 33.3 Å². The Morgan fingerprint density at radius 2 is 0.800 bits per heavy atom. The molecule has 5 heteroatoms. The minimum atomic E-state index is -4.25. The Hall–Kier alpha value is -2.78. The van der Waals surface area contributed by atoms with Gasteiger partial charge in [-0.05, 0) is 48.5 Å². The second-order valence-electron chi connectivity index (χ2n) is 6.78. The van der Waals surface area contributed by atoms with E-state index in [4.69, 9.17) is 0 Å². The van der Waals surface area contributed by atoms with Crippen LogP contribution in [0.3, 0.4) is 0 Å². The summed E-state index contributed by atoms with van der Waals surface area (Å²) in [5.74, 6) is 0. The van der Waals surface area contributed by atoms with Crippen LogP contribution < -0.4 is 15.9 Å². The fourth-order valence-corrected chi connectivity index (χ4v) is 6.90. The van der Waals surface area contributed by atoms with Crippen molar-refractivity contribution in [3.8, 4) is 0 Å². The number of hydrogen-bond acceptors (Lipinski definition) is 3. The third kappa shape index (κ3) is 5.22. The molecule has 152 valence electrons. The third-order valence-electron chi connectivity index (χ3n) is 4.85. The largest absolute Gasteiger partial charge is 0.744 e. The Balaban J connectivity index is 0.000000216. The summed E-state index contributed by atoms with van der Waals surface area (Å²) in [6.45, 7) is 2.41. The van der Waals surface area contributed by atoms with Crippen LogP contribution >= 0.6 is 7.26 Å². The number of hydrogen-bond donors (Lipinski definition) is 0. The van der Waals surface area contributed by atoms with Gasteiger partial charge in [0.25, 0.3) is 0 Å². The van der Waals surface area contributed by atoms with Gasteiger partial charge in [0, 0.05) is 0 Å². The zero-order valence-electron chi connectivity index (χ0n) is 16.6. The molecule has 0 heterocycles. The molecule has 3 nitrogen and oxygen atoms in total. The quantitative estimate of drug-likeness (QED) is 0.357. The molecule has 0 fully saturated rings. The van der Waals surface area contributed by atoms with Crippen molar-refractivity contribution in [3.05, 3.63) is 121 Å². The Bertz CT molecular complexity index is 1050. The van der Waals surface area contributed by atoms with E-state index in [9.17, 15) is 13.0 Å². The van der Waals surface area contributed by atoms with Crippen LogP contribution in [0.25, 0.3) is 0 Å². The fraction of sp³-hybridized carbons (Fsp3) is 0.0400. The first kappa shape index (κ1) is 21.9. The van der Waals surface area contributed by atoms with E-state index in [2.05, 4.69) is 97.7 Å². The molecule has 0 aliphatic carbocycles. The Kier molecular flexibility index (Phi) is 7.17. The highest BCUT2D eigenvalue weighted by Crippen LogP contribution is 2.51. The minimum Gasteiger partial charge on any atom is -0.744 e. The van der Waals surface area contributed by atoms with E-state index in [1.54, 1.807) is 6.07 Å². The molecular weight excluding hydrogens is 411 g/mol. The van der Waals surface area contributed by atoms with Crippen LogP contribution in [-0.4, -0.2) is 19.6 Å². The molecule has 0 saturated carbocycles. The third-order valence-corrected chi connectivity index (χ3v) is 9.69. The second-order valence-corrected chi connectivity index (χ2v) is 11.7. The monoisotopic (exact) mass is 434 g/mol. The van der Waals surface area contributed by atoms with Crippen molar-refractivity contribution in [1.82, 2.24) is 0 Å². The lowest BCUT2D eigenvalue weighted by Crippen LogP contribution is -2.30. The molecule has 0 aliphatic heterocycles. The maximum absolute atomic E-state index is 10.3. The Morgan fingerprint density at radius 1 is 0.533 bits per heavy atom.